The summed E-state index contributed by atoms with van der Waals surface area (Å²) in [5, 5.41) is 0. The number of nitrogens with one attached hydrogen (secondary N) is 1. The lowest BCUT2D eigenvalue weighted by Gasteiger charge is -2.01. The molecule has 1 aromatic rings. The normalized spacial score (nSPS) is 11.6. The predicted octanol–water partition coefficient (Wildman–Crippen LogP) is 0.873. The summed E-state index contributed by atoms with van der Waals surface area (Å²) in [6, 6.07) is 2.10. The summed E-state index contributed by atoms with van der Waals surface area (Å²) in [6.07, 6.45) is 0. The van der Waals surface area contributed by atoms with E-state index in [1.165, 1.54) is 0 Å². The Morgan fingerprint density at radius 2 is 1.62 bits per heavy atom. The van der Waals surface area contributed by atoms with Crippen molar-refractivity contribution in [1.82, 2.24) is 4.72 Å². The van der Waals surface area contributed by atoms with Crippen molar-refractivity contribution in [2.45, 2.75) is 4.90 Å². The zero-order valence-electron chi connectivity index (χ0n) is 6.71. The lowest BCUT2D eigenvalue weighted by molar-refractivity contribution is 0.564. The number of rotatable bonds is 2. The second-order valence-corrected chi connectivity index (χ2v) is 4.20. The summed E-state index contributed by atoms with van der Waals surface area (Å²) < 4.78 is 49.2. The van der Waals surface area contributed by atoms with Crippen molar-refractivity contribution >= 4 is 10.0 Å². The van der Waals surface area contributed by atoms with Crippen LogP contribution in [-0.4, -0.2) is 15.5 Å². The molecule has 13 heavy (non-hydrogen) atoms. The Balaban J connectivity index is 3.32. The maximum Gasteiger partial charge on any atom is 0.240 e. The van der Waals surface area contributed by atoms with Gasteiger partial charge in [0.25, 0.3) is 0 Å². The Labute approximate surface area is 74.4 Å². The minimum Gasteiger partial charge on any atom is -0.214 e. The molecule has 3 nitrogen and oxygen atoms in total. The van der Waals surface area contributed by atoms with Gasteiger partial charge in [-0.05, 0) is 19.2 Å². The molecule has 0 fully saturated rings. The van der Waals surface area contributed by atoms with Crippen molar-refractivity contribution in [3.05, 3.63) is 29.8 Å². The lowest BCUT2D eigenvalue weighted by atomic mass is 10.3. The Morgan fingerprint density at radius 3 is 2.00 bits per heavy atom. The maximum absolute atomic E-state index is 12.6. The molecule has 1 aromatic carbocycles. The number of hydrogen-bond acceptors (Lipinski definition) is 2. The highest BCUT2D eigenvalue weighted by atomic mass is 32.2. The molecule has 0 aliphatic heterocycles. The summed E-state index contributed by atoms with van der Waals surface area (Å²) in [4.78, 5) is -0.424. The van der Waals surface area contributed by atoms with Gasteiger partial charge in [0.05, 0.1) is 4.90 Å². The third kappa shape index (κ3) is 2.22. The van der Waals surface area contributed by atoms with Crippen LogP contribution in [0, 0.1) is 11.6 Å². The Kier molecular flexibility index (Phi) is 2.63. The molecule has 0 aliphatic carbocycles. The second-order valence-electron chi connectivity index (χ2n) is 2.31. The van der Waals surface area contributed by atoms with Crippen LogP contribution < -0.4 is 4.72 Å². The van der Waals surface area contributed by atoms with Crippen molar-refractivity contribution in [2.75, 3.05) is 7.05 Å². The van der Waals surface area contributed by atoms with Crippen LogP contribution in [0.1, 0.15) is 0 Å². The van der Waals surface area contributed by atoms with E-state index in [-0.39, 0.29) is 0 Å². The average Bonchev–Trinajstić information content (AvgIpc) is 2.02. The fourth-order valence-corrected chi connectivity index (χ4v) is 1.57. The quantitative estimate of drug-likeness (QED) is 0.782. The molecule has 6 heteroatoms. The van der Waals surface area contributed by atoms with Crippen LogP contribution in [0.2, 0.25) is 0 Å². The van der Waals surface area contributed by atoms with E-state index in [9.17, 15) is 17.2 Å². The summed E-state index contributed by atoms with van der Waals surface area (Å²) >= 11 is 0. The molecule has 0 unspecified atom stereocenters. The van der Waals surface area contributed by atoms with Gasteiger partial charge in [-0.15, -0.1) is 0 Å². The summed E-state index contributed by atoms with van der Waals surface area (Å²) in [5.41, 5.74) is 0. The molecule has 0 aromatic heterocycles. The SMILES string of the molecule is CNS(=O)(=O)c1cc(F)cc(F)c1. The van der Waals surface area contributed by atoms with Gasteiger partial charge < -0.3 is 0 Å². The number of halogens is 2. The molecular weight excluding hydrogens is 200 g/mol. The van der Waals surface area contributed by atoms with E-state index in [1.54, 1.807) is 0 Å². The number of hydrogen-bond donors (Lipinski definition) is 1. The molecule has 0 bridgehead atoms. The van der Waals surface area contributed by atoms with Gasteiger partial charge in [-0.3, -0.25) is 0 Å². The molecule has 0 heterocycles. The fourth-order valence-electron chi connectivity index (χ4n) is 0.802. The second kappa shape index (κ2) is 3.39. The van der Waals surface area contributed by atoms with Gasteiger partial charge in [0, 0.05) is 6.07 Å². The smallest absolute Gasteiger partial charge is 0.214 e. The van der Waals surface area contributed by atoms with Gasteiger partial charge in [0.15, 0.2) is 0 Å². The average molecular weight is 207 g/mol. The third-order valence-electron chi connectivity index (χ3n) is 1.42. The van der Waals surface area contributed by atoms with Gasteiger partial charge in [-0.1, -0.05) is 0 Å². The van der Waals surface area contributed by atoms with Crippen LogP contribution in [0.4, 0.5) is 8.78 Å². The van der Waals surface area contributed by atoms with Gasteiger partial charge in [0.1, 0.15) is 11.6 Å². The van der Waals surface area contributed by atoms with E-state index in [1.807, 2.05) is 4.72 Å². The van der Waals surface area contributed by atoms with E-state index < -0.39 is 26.6 Å². The van der Waals surface area contributed by atoms with Crippen molar-refractivity contribution in [3.63, 3.8) is 0 Å². The van der Waals surface area contributed by atoms with E-state index in [0.29, 0.717) is 6.07 Å². The molecule has 0 atom stereocenters. The first-order valence-electron chi connectivity index (χ1n) is 3.35. The largest absolute Gasteiger partial charge is 0.240 e. The number of sulfonamides is 1. The first-order valence-corrected chi connectivity index (χ1v) is 4.83. The Morgan fingerprint density at radius 1 is 1.15 bits per heavy atom. The Bertz CT molecular complexity index is 396. The molecule has 0 radical (unpaired) electrons. The van der Waals surface area contributed by atoms with E-state index >= 15 is 0 Å². The summed E-state index contributed by atoms with van der Waals surface area (Å²) in [6.45, 7) is 0. The van der Waals surface area contributed by atoms with E-state index in [4.69, 9.17) is 0 Å². The summed E-state index contributed by atoms with van der Waals surface area (Å²) in [5.74, 6) is -1.84. The zero-order valence-corrected chi connectivity index (χ0v) is 7.53. The molecule has 72 valence electrons. The maximum atomic E-state index is 12.6. The van der Waals surface area contributed by atoms with Gasteiger partial charge >= 0.3 is 0 Å². The first-order chi connectivity index (χ1) is 5.95. The van der Waals surface area contributed by atoms with Gasteiger partial charge in [-0.2, -0.15) is 0 Å². The van der Waals surface area contributed by atoms with Crippen LogP contribution in [0.25, 0.3) is 0 Å². The number of benzene rings is 1. The molecule has 1 N–H and O–H groups in total. The monoisotopic (exact) mass is 207 g/mol. The molecule has 0 spiro atoms. The molecule has 0 amide bonds. The van der Waals surface area contributed by atoms with Crippen LogP contribution in [0.3, 0.4) is 0 Å². The molecule has 1 rings (SSSR count). The van der Waals surface area contributed by atoms with Crippen LogP contribution in [0.15, 0.2) is 23.1 Å². The highest BCUT2D eigenvalue weighted by Gasteiger charge is 2.13. The van der Waals surface area contributed by atoms with Crippen LogP contribution in [0.5, 0.6) is 0 Å². The van der Waals surface area contributed by atoms with Crippen LogP contribution >= 0.6 is 0 Å². The van der Waals surface area contributed by atoms with E-state index in [2.05, 4.69) is 0 Å². The van der Waals surface area contributed by atoms with Crippen molar-refractivity contribution in [3.8, 4) is 0 Å². The fraction of sp³-hybridized carbons (Fsp3) is 0.143. The first kappa shape index (κ1) is 10.1. The minimum absolute atomic E-state index is 0.424. The van der Waals surface area contributed by atoms with Gasteiger partial charge in [-0.25, -0.2) is 21.9 Å². The highest BCUT2D eigenvalue weighted by Crippen LogP contribution is 2.12. The lowest BCUT2D eigenvalue weighted by Crippen LogP contribution is -2.18. The van der Waals surface area contributed by atoms with E-state index in [0.717, 1.165) is 19.2 Å². The van der Waals surface area contributed by atoms with Crippen LogP contribution in [-0.2, 0) is 10.0 Å². The van der Waals surface area contributed by atoms with Crippen molar-refractivity contribution in [2.24, 2.45) is 0 Å². The standard InChI is InChI=1S/C7H7F2NO2S/c1-10-13(11,12)7-3-5(8)2-6(9)4-7/h2-4,10H,1H3. The summed E-state index contributed by atoms with van der Waals surface area (Å²) in [7, 11) is -2.61. The zero-order chi connectivity index (χ0) is 10.1. The third-order valence-corrected chi connectivity index (χ3v) is 2.81. The van der Waals surface area contributed by atoms with Crippen molar-refractivity contribution in [1.29, 1.82) is 0 Å². The molecular formula is C7H7F2NO2S. The molecule has 0 saturated heterocycles. The molecule has 0 saturated carbocycles. The van der Waals surface area contributed by atoms with Gasteiger partial charge in [0.2, 0.25) is 10.0 Å². The Hall–Kier alpha value is -1.01. The topological polar surface area (TPSA) is 46.2 Å². The highest BCUT2D eigenvalue weighted by molar-refractivity contribution is 7.89. The van der Waals surface area contributed by atoms with Crippen molar-refractivity contribution < 1.29 is 17.2 Å². The predicted molar refractivity (Wildman–Crippen MR) is 42.6 cm³/mol. The molecule has 0 aliphatic rings. The minimum atomic E-state index is -3.77.